The molecular weight excluding hydrogens is 633 g/mol. The number of nitrogens with one attached hydrogen (secondary N) is 2. The first-order valence-corrected chi connectivity index (χ1v) is 20.8. The van der Waals surface area contributed by atoms with Crippen molar-refractivity contribution in [3.05, 3.63) is 53.6 Å². The van der Waals surface area contributed by atoms with E-state index in [2.05, 4.69) is 64.8 Å². The van der Waals surface area contributed by atoms with Crippen LogP contribution >= 0.6 is 0 Å². The minimum atomic E-state index is -3.06. The summed E-state index contributed by atoms with van der Waals surface area (Å²) in [7, 11) is -3.06. The molecule has 270 valence electrons. The average molecular weight is 693 g/mol. The highest BCUT2D eigenvalue weighted by molar-refractivity contribution is 7.90. The summed E-state index contributed by atoms with van der Waals surface area (Å²) in [5, 5.41) is 16.0. The fourth-order valence-electron chi connectivity index (χ4n) is 13.1. The van der Waals surface area contributed by atoms with Crippen molar-refractivity contribution in [3.63, 3.8) is 0 Å². The molecule has 0 bridgehead atoms. The zero-order valence-electron chi connectivity index (χ0n) is 31.0. The topological polar surface area (TPSA) is 113 Å². The van der Waals surface area contributed by atoms with Crippen LogP contribution in [-0.4, -0.2) is 49.6 Å². The monoisotopic (exact) mass is 692 g/mol. The van der Waals surface area contributed by atoms with Crippen molar-refractivity contribution in [1.82, 2.24) is 10.6 Å². The van der Waals surface area contributed by atoms with Crippen molar-refractivity contribution < 1.29 is 23.1 Å². The minimum Gasteiger partial charge on any atom is -0.478 e. The highest BCUT2D eigenvalue weighted by atomic mass is 32.2. The van der Waals surface area contributed by atoms with Crippen LogP contribution in [0, 0.1) is 51.2 Å². The molecule has 2 amide bonds. The minimum absolute atomic E-state index is 0.0341. The molecule has 4 saturated carbocycles. The van der Waals surface area contributed by atoms with Gasteiger partial charge in [0.2, 0.25) is 0 Å². The van der Waals surface area contributed by atoms with E-state index in [0.717, 1.165) is 37.7 Å². The molecule has 0 aromatic heterocycles. The van der Waals surface area contributed by atoms with Crippen LogP contribution in [0.3, 0.4) is 0 Å². The number of fused-ring (bicyclic) bond motifs is 7. The van der Waals surface area contributed by atoms with Gasteiger partial charge in [0.1, 0.15) is 9.84 Å². The van der Waals surface area contributed by atoms with Crippen LogP contribution < -0.4 is 10.6 Å². The molecule has 49 heavy (non-hydrogen) atoms. The molecule has 0 unspecified atom stereocenters. The van der Waals surface area contributed by atoms with Crippen molar-refractivity contribution in [2.24, 2.45) is 51.2 Å². The molecule has 0 heterocycles. The molecule has 4 fully saturated rings. The summed E-state index contributed by atoms with van der Waals surface area (Å²) in [6, 6.07) is 7.31. The Hall–Kier alpha value is -2.61. The second kappa shape index (κ2) is 12.3. The maximum Gasteiger partial charge on any atom is 0.335 e. The fraction of sp³-hybridized carbons (Fsp3) is 0.707. The quantitative estimate of drug-likeness (QED) is 0.187. The van der Waals surface area contributed by atoms with E-state index in [1.165, 1.54) is 43.1 Å². The number of sulfone groups is 1. The smallest absolute Gasteiger partial charge is 0.335 e. The highest BCUT2D eigenvalue weighted by Gasteiger charge is 2.70. The molecule has 5 aliphatic carbocycles. The number of rotatable bonds is 8. The molecule has 0 radical (unpaired) electrons. The van der Waals surface area contributed by atoms with Crippen LogP contribution in [0.2, 0.25) is 0 Å². The van der Waals surface area contributed by atoms with Gasteiger partial charge in [-0.15, -0.1) is 0 Å². The van der Waals surface area contributed by atoms with E-state index in [0.29, 0.717) is 48.1 Å². The van der Waals surface area contributed by atoms with Crippen LogP contribution in [-0.2, 0) is 9.84 Å². The molecule has 1 aromatic rings. The summed E-state index contributed by atoms with van der Waals surface area (Å²) < 4.78 is 23.2. The van der Waals surface area contributed by atoms with E-state index in [1.807, 2.05) is 12.1 Å². The molecule has 0 aliphatic heterocycles. The molecule has 0 spiro atoms. The zero-order valence-corrected chi connectivity index (χ0v) is 31.8. The summed E-state index contributed by atoms with van der Waals surface area (Å²) in [6.07, 6.45) is 14.0. The summed E-state index contributed by atoms with van der Waals surface area (Å²) in [4.78, 5) is 24.9. The van der Waals surface area contributed by atoms with Crippen LogP contribution in [0.25, 0.3) is 5.57 Å². The van der Waals surface area contributed by atoms with Gasteiger partial charge in [0.25, 0.3) is 0 Å². The first-order valence-electron chi connectivity index (χ1n) is 18.7. The van der Waals surface area contributed by atoms with E-state index in [4.69, 9.17) is 0 Å². The first kappa shape index (κ1) is 36.2. The van der Waals surface area contributed by atoms with Gasteiger partial charge in [-0.3, -0.25) is 0 Å². The number of carbonyl (C=O) groups excluding carboxylic acids is 1. The number of hydrogen-bond donors (Lipinski definition) is 3. The summed E-state index contributed by atoms with van der Waals surface area (Å²) in [6.45, 7) is 19.7. The molecule has 1 aromatic carbocycles. The van der Waals surface area contributed by atoms with Gasteiger partial charge in [0.05, 0.1) is 11.3 Å². The predicted molar refractivity (Wildman–Crippen MR) is 197 cm³/mol. The van der Waals surface area contributed by atoms with Crippen LogP contribution in [0.15, 0.2) is 42.5 Å². The lowest BCUT2D eigenvalue weighted by Gasteiger charge is -2.72. The maximum atomic E-state index is 13.4. The third-order valence-corrected chi connectivity index (χ3v) is 16.5. The molecule has 3 N–H and O–H groups in total. The number of urea groups is 1. The normalized spacial score (nSPS) is 39.3. The van der Waals surface area contributed by atoms with Gasteiger partial charge in [-0.05, 0) is 146 Å². The van der Waals surface area contributed by atoms with Gasteiger partial charge in [-0.25, -0.2) is 18.0 Å². The lowest BCUT2D eigenvalue weighted by Crippen LogP contribution is -2.68. The van der Waals surface area contributed by atoms with Crippen molar-refractivity contribution in [1.29, 1.82) is 0 Å². The molecule has 5 aliphatic rings. The molecule has 9 atom stereocenters. The number of carboxylic acid groups (broad SMARTS) is 1. The second-order valence-corrected chi connectivity index (χ2v) is 20.4. The lowest BCUT2D eigenvalue weighted by molar-refractivity contribution is -0.218. The molecule has 0 saturated heterocycles. The van der Waals surface area contributed by atoms with E-state index in [9.17, 15) is 23.1 Å². The van der Waals surface area contributed by atoms with E-state index in [1.54, 1.807) is 12.1 Å². The van der Waals surface area contributed by atoms with Gasteiger partial charge in [-0.2, -0.15) is 0 Å². The van der Waals surface area contributed by atoms with Gasteiger partial charge in [0, 0.05) is 18.3 Å². The number of aromatic carboxylic acids is 1. The van der Waals surface area contributed by atoms with E-state index >= 15 is 0 Å². The molecule has 8 heteroatoms. The lowest BCUT2D eigenvalue weighted by atomic mass is 9.33. The predicted octanol–water partition coefficient (Wildman–Crippen LogP) is 8.52. The van der Waals surface area contributed by atoms with Gasteiger partial charge < -0.3 is 15.7 Å². The maximum absolute atomic E-state index is 13.4. The number of amides is 2. The van der Waals surface area contributed by atoms with Crippen molar-refractivity contribution >= 4 is 27.4 Å². The Morgan fingerprint density at radius 1 is 0.918 bits per heavy atom. The van der Waals surface area contributed by atoms with E-state index < -0.39 is 15.8 Å². The summed E-state index contributed by atoms with van der Waals surface area (Å²) in [5.41, 5.74) is 4.24. The fourth-order valence-corrected chi connectivity index (χ4v) is 13.7. The van der Waals surface area contributed by atoms with Gasteiger partial charge >= 0.3 is 12.0 Å². The third kappa shape index (κ3) is 5.80. The SMILES string of the molecule is C=C(C)[C@@H]1CC[C@]2(NC(=O)NCCCS(C)(=O)=O)CC[C@]3(C)[C@H](CC[C@@H]4[C@@]5(C)CC=C(c6ccc(C(=O)O)cc6)C(C)(C)[C@@H]5CC[C@]43C)[C@@H]12. The first-order chi connectivity index (χ1) is 22.8. The summed E-state index contributed by atoms with van der Waals surface area (Å²) >= 11 is 0. The van der Waals surface area contributed by atoms with Crippen LogP contribution in [0.1, 0.15) is 122 Å². The van der Waals surface area contributed by atoms with Crippen molar-refractivity contribution in [2.75, 3.05) is 18.6 Å². The van der Waals surface area contributed by atoms with E-state index in [-0.39, 0.29) is 39.0 Å². The second-order valence-electron chi connectivity index (χ2n) is 18.1. The third-order valence-electron chi connectivity index (χ3n) is 15.4. The molecule has 6 rings (SSSR count). The number of carboxylic acids is 1. The standard InChI is InChI=1S/C41H60N2O5S/c1-26(2)29-16-21-41(43-36(46)42-24-9-25-49(8,47)48)23-22-39(6)31(34(29)41)14-15-33-38(5)19-17-30(27-10-12-28(13-11-27)35(44)45)37(3,4)32(38)18-20-40(33,39)7/h10-13,17,29,31-34H,1,9,14-16,18-25H2,2-8H3,(H,44,45)(H2,42,43,46)/t29-,31+,32-,33+,34+,38-,39+,40+,41-/m0/s1. The highest BCUT2D eigenvalue weighted by Crippen LogP contribution is 2.76. The Kier molecular flexibility index (Phi) is 9.06. The molecule has 7 nitrogen and oxygen atoms in total. The Balaban J connectivity index is 1.27. The van der Waals surface area contributed by atoms with Gasteiger partial charge in [0.15, 0.2) is 0 Å². The Morgan fingerprint density at radius 2 is 1.61 bits per heavy atom. The average Bonchev–Trinajstić information content (AvgIpc) is 3.38. The Morgan fingerprint density at radius 3 is 2.24 bits per heavy atom. The zero-order chi connectivity index (χ0) is 35.8. The Bertz CT molecular complexity index is 1650. The van der Waals surface area contributed by atoms with Crippen LogP contribution in [0.5, 0.6) is 0 Å². The van der Waals surface area contributed by atoms with Gasteiger partial charge in [-0.1, -0.05) is 65.0 Å². The van der Waals surface area contributed by atoms with Crippen molar-refractivity contribution in [2.45, 2.75) is 111 Å². The number of hydrogen-bond acceptors (Lipinski definition) is 4. The number of carbonyl (C=O) groups is 2. The van der Waals surface area contributed by atoms with Crippen LogP contribution in [0.4, 0.5) is 4.79 Å². The number of benzene rings is 1. The number of allylic oxidation sites excluding steroid dienone is 3. The summed E-state index contributed by atoms with van der Waals surface area (Å²) in [5.74, 6) is 1.53. The largest absolute Gasteiger partial charge is 0.478 e. The Labute approximate surface area is 295 Å². The molecular formula is C41H60N2O5S. The van der Waals surface area contributed by atoms with Crippen molar-refractivity contribution in [3.8, 4) is 0 Å².